The Morgan fingerprint density at radius 1 is 1.33 bits per heavy atom. The molecule has 1 rings (SSSR count). The van der Waals surface area contributed by atoms with Gasteiger partial charge in [0, 0.05) is 12.1 Å². The molecule has 0 radical (unpaired) electrons. The zero-order valence-corrected chi connectivity index (χ0v) is 11.1. The molecule has 1 N–H and O–H groups in total. The summed E-state index contributed by atoms with van der Waals surface area (Å²) in [6.45, 7) is 3.55. The summed E-state index contributed by atoms with van der Waals surface area (Å²) in [5.74, 6) is -0.234. The Bertz CT molecular complexity index is 385. The van der Waals surface area contributed by atoms with E-state index in [0.29, 0.717) is 13.0 Å². The van der Waals surface area contributed by atoms with E-state index in [2.05, 4.69) is 17.4 Å². The average Bonchev–Trinajstić information content (AvgIpc) is 2.43. The summed E-state index contributed by atoms with van der Waals surface area (Å²) in [6, 6.07) is 10.3. The zero-order valence-electron chi connectivity index (χ0n) is 11.1. The maximum atomic E-state index is 11.3. The molecule has 0 amide bonds. The molecule has 0 aliphatic carbocycles. The summed E-state index contributed by atoms with van der Waals surface area (Å²) in [6.07, 6.45) is 3.60. The first kappa shape index (κ1) is 14.5. The fourth-order valence-electron chi connectivity index (χ4n) is 1.68. The summed E-state index contributed by atoms with van der Waals surface area (Å²) < 4.78 is 4.69. The van der Waals surface area contributed by atoms with Crippen LogP contribution in [0.2, 0.25) is 0 Å². The first-order valence-corrected chi connectivity index (χ1v) is 6.30. The molecule has 0 saturated carbocycles. The highest BCUT2D eigenvalue weighted by atomic mass is 16.5. The van der Waals surface area contributed by atoms with Gasteiger partial charge in [-0.05, 0) is 24.9 Å². The molecule has 98 valence electrons. The smallest absolute Gasteiger partial charge is 0.333 e. The summed E-state index contributed by atoms with van der Waals surface area (Å²) in [5, 5.41) is 3.29. The molecule has 18 heavy (non-hydrogen) atoms. The number of rotatable bonds is 7. The molecule has 0 aliphatic heterocycles. The van der Waals surface area contributed by atoms with Gasteiger partial charge in [-0.15, -0.1) is 0 Å². The van der Waals surface area contributed by atoms with Crippen molar-refractivity contribution in [3.05, 3.63) is 47.5 Å². The Kier molecular flexibility index (Phi) is 6.81. The van der Waals surface area contributed by atoms with Gasteiger partial charge in [-0.1, -0.05) is 43.3 Å². The molecule has 3 heteroatoms. The molecular weight excluding hydrogens is 226 g/mol. The van der Waals surface area contributed by atoms with Crippen molar-refractivity contribution in [3.63, 3.8) is 0 Å². The highest BCUT2D eigenvalue weighted by Gasteiger charge is 2.05. The minimum absolute atomic E-state index is 0.234. The van der Waals surface area contributed by atoms with E-state index in [1.807, 2.05) is 31.2 Å². The lowest BCUT2D eigenvalue weighted by molar-refractivity contribution is -0.136. The fraction of sp³-hybridized carbons (Fsp3) is 0.400. The fourth-order valence-corrected chi connectivity index (χ4v) is 1.68. The molecule has 0 fully saturated rings. The summed E-state index contributed by atoms with van der Waals surface area (Å²) in [4.78, 5) is 11.3. The van der Waals surface area contributed by atoms with Crippen molar-refractivity contribution < 1.29 is 9.53 Å². The third-order valence-electron chi connectivity index (χ3n) is 2.75. The molecular formula is C15H21NO2. The molecule has 0 aliphatic rings. The van der Waals surface area contributed by atoms with Gasteiger partial charge >= 0.3 is 5.97 Å². The van der Waals surface area contributed by atoms with Crippen LogP contribution in [0.25, 0.3) is 0 Å². The number of methoxy groups -OCH3 is 1. The van der Waals surface area contributed by atoms with Gasteiger partial charge in [-0.2, -0.15) is 0 Å². The van der Waals surface area contributed by atoms with Crippen molar-refractivity contribution in [3.8, 4) is 0 Å². The summed E-state index contributed by atoms with van der Waals surface area (Å²) in [5.41, 5.74) is 2.04. The minimum atomic E-state index is -0.234. The second-order valence-corrected chi connectivity index (χ2v) is 4.01. The topological polar surface area (TPSA) is 38.3 Å². The van der Waals surface area contributed by atoms with Crippen molar-refractivity contribution in [2.24, 2.45) is 0 Å². The van der Waals surface area contributed by atoms with Crippen LogP contribution in [0.5, 0.6) is 0 Å². The zero-order chi connectivity index (χ0) is 13.2. The molecule has 0 aromatic heterocycles. The summed E-state index contributed by atoms with van der Waals surface area (Å²) >= 11 is 0. The number of carbonyl (C=O) groups is 1. The Balaban J connectivity index is 2.25. The molecule has 1 aromatic carbocycles. The normalized spacial score (nSPS) is 11.3. The summed E-state index contributed by atoms with van der Waals surface area (Å²) in [7, 11) is 1.41. The number of hydrogen-bond donors (Lipinski definition) is 1. The van der Waals surface area contributed by atoms with Crippen LogP contribution in [0.3, 0.4) is 0 Å². The Morgan fingerprint density at radius 3 is 2.67 bits per heavy atom. The molecule has 1 aromatic rings. The molecule has 0 unspecified atom stereocenters. The number of nitrogens with one attached hydrogen (secondary N) is 1. The quantitative estimate of drug-likeness (QED) is 0.456. The standard InChI is InChI=1S/C15H21NO2/c1-3-14(15(17)18-2)10-12-16-11-9-13-7-5-4-6-8-13/h4-8,10,16H,3,9,11-12H2,1-2H3/b14-10-. The lowest BCUT2D eigenvalue weighted by Crippen LogP contribution is -2.18. The van der Waals surface area contributed by atoms with Crippen molar-refractivity contribution in [1.82, 2.24) is 5.32 Å². The van der Waals surface area contributed by atoms with Gasteiger partial charge in [-0.25, -0.2) is 4.79 Å². The van der Waals surface area contributed by atoms with Crippen molar-refractivity contribution in [1.29, 1.82) is 0 Å². The van der Waals surface area contributed by atoms with E-state index < -0.39 is 0 Å². The minimum Gasteiger partial charge on any atom is -0.466 e. The number of esters is 1. The number of hydrogen-bond acceptors (Lipinski definition) is 3. The molecule has 0 spiro atoms. The van der Waals surface area contributed by atoms with Gasteiger partial charge in [-0.3, -0.25) is 0 Å². The Hall–Kier alpha value is -1.61. The van der Waals surface area contributed by atoms with Crippen molar-refractivity contribution >= 4 is 5.97 Å². The largest absolute Gasteiger partial charge is 0.466 e. The van der Waals surface area contributed by atoms with Gasteiger partial charge in [0.05, 0.1) is 7.11 Å². The maximum Gasteiger partial charge on any atom is 0.333 e. The number of ether oxygens (including phenoxy) is 1. The van der Waals surface area contributed by atoms with Crippen molar-refractivity contribution in [2.75, 3.05) is 20.2 Å². The monoisotopic (exact) mass is 247 g/mol. The van der Waals surface area contributed by atoms with Crippen LogP contribution in [0.1, 0.15) is 18.9 Å². The van der Waals surface area contributed by atoms with Gasteiger partial charge in [0.1, 0.15) is 0 Å². The van der Waals surface area contributed by atoms with Crippen LogP contribution < -0.4 is 5.32 Å². The predicted molar refractivity (Wildman–Crippen MR) is 73.4 cm³/mol. The van der Waals surface area contributed by atoms with Gasteiger partial charge in [0.25, 0.3) is 0 Å². The van der Waals surface area contributed by atoms with E-state index in [-0.39, 0.29) is 5.97 Å². The van der Waals surface area contributed by atoms with Crippen LogP contribution in [-0.2, 0) is 16.0 Å². The highest BCUT2D eigenvalue weighted by molar-refractivity contribution is 5.88. The van der Waals surface area contributed by atoms with Gasteiger partial charge < -0.3 is 10.1 Å². The first-order valence-electron chi connectivity index (χ1n) is 6.30. The molecule has 0 bridgehead atoms. The molecule has 0 atom stereocenters. The third-order valence-corrected chi connectivity index (χ3v) is 2.75. The Labute approximate surface area is 109 Å². The van der Waals surface area contributed by atoms with Gasteiger partial charge in [0.15, 0.2) is 0 Å². The molecule has 0 heterocycles. The number of carbonyl (C=O) groups excluding carboxylic acids is 1. The van der Waals surface area contributed by atoms with Gasteiger partial charge in [0.2, 0.25) is 0 Å². The van der Waals surface area contributed by atoms with Crippen LogP contribution in [-0.4, -0.2) is 26.2 Å². The van der Waals surface area contributed by atoms with Crippen LogP contribution in [0, 0.1) is 0 Å². The maximum absolute atomic E-state index is 11.3. The SMILES string of the molecule is CC/C(=C/CNCCc1ccccc1)C(=O)OC. The lowest BCUT2D eigenvalue weighted by Gasteiger charge is -2.04. The highest BCUT2D eigenvalue weighted by Crippen LogP contribution is 2.02. The van der Waals surface area contributed by atoms with E-state index >= 15 is 0 Å². The van der Waals surface area contributed by atoms with Crippen LogP contribution >= 0.6 is 0 Å². The third kappa shape index (κ3) is 5.15. The molecule has 3 nitrogen and oxygen atoms in total. The van der Waals surface area contributed by atoms with Crippen LogP contribution in [0.15, 0.2) is 42.0 Å². The van der Waals surface area contributed by atoms with Crippen LogP contribution in [0.4, 0.5) is 0 Å². The van der Waals surface area contributed by atoms with E-state index in [1.165, 1.54) is 12.7 Å². The van der Waals surface area contributed by atoms with Crippen molar-refractivity contribution in [2.45, 2.75) is 19.8 Å². The second kappa shape index (κ2) is 8.48. The predicted octanol–water partition coefficient (Wildman–Crippen LogP) is 2.33. The molecule has 0 saturated heterocycles. The van der Waals surface area contributed by atoms with E-state index in [0.717, 1.165) is 18.5 Å². The van der Waals surface area contributed by atoms with E-state index in [1.54, 1.807) is 0 Å². The first-order chi connectivity index (χ1) is 8.77. The van der Waals surface area contributed by atoms with E-state index in [4.69, 9.17) is 4.74 Å². The van der Waals surface area contributed by atoms with E-state index in [9.17, 15) is 4.79 Å². The second-order valence-electron chi connectivity index (χ2n) is 4.01. The lowest BCUT2D eigenvalue weighted by atomic mass is 10.1. The Morgan fingerprint density at radius 2 is 2.06 bits per heavy atom. The number of benzene rings is 1. The average molecular weight is 247 g/mol.